The summed E-state index contributed by atoms with van der Waals surface area (Å²) >= 11 is 0. The average Bonchev–Trinajstić information content (AvgIpc) is 2.02. The van der Waals surface area contributed by atoms with Crippen LogP contribution in [-0.4, -0.2) is 24.2 Å². The fourth-order valence-corrected chi connectivity index (χ4v) is 2.95. The zero-order valence-corrected chi connectivity index (χ0v) is 7.83. The van der Waals surface area contributed by atoms with Crippen LogP contribution in [0.5, 0.6) is 0 Å². The van der Waals surface area contributed by atoms with Gasteiger partial charge in [0.1, 0.15) is 0 Å². The Morgan fingerprint density at radius 1 is 1.31 bits per heavy atom. The lowest BCUT2D eigenvalue weighted by Gasteiger charge is -2.42. The molecular formula is C10H17NO2. The van der Waals surface area contributed by atoms with Crippen molar-refractivity contribution in [1.29, 1.82) is 0 Å². The van der Waals surface area contributed by atoms with E-state index in [0.29, 0.717) is 24.2 Å². The Bertz CT molecular complexity index is 183. The van der Waals surface area contributed by atoms with E-state index in [1.807, 2.05) is 0 Å². The molecule has 3 nitrogen and oxygen atoms in total. The van der Waals surface area contributed by atoms with Gasteiger partial charge in [0.15, 0.2) is 0 Å². The molecule has 2 atom stereocenters. The summed E-state index contributed by atoms with van der Waals surface area (Å²) in [6.07, 6.45) is 4.13. The van der Waals surface area contributed by atoms with Crippen LogP contribution in [0.3, 0.4) is 0 Å². The first kappa shape index (κ1) is 9.00. The first-order valence-electron chi connectivity index (χ1n) is 5.20. The van der Waals surface area contributed by atoms with Gasteiger partial charge in [0.05, 0.1) is 0 Å². The van der Waals surface area contributed by atoms with E-state index in [-0.39, 0.29) is 0 Å². The SMILES string of the molecule is O=C(O)CC1C2CCCC1CNC2. The van der Waals surface area contributed by atoms with Crippen LogP contribution in [0.15, 0.2) is 0 Å². The predicted octanol–water partition coefficient (Wildman–Crippen LogP) is 1.10. The maximum absolute atomic E-state index is 10.7. The van der Waals surface area contributed by atoms with Crippen molar-refractivity contribution in [3.8, 4) is 0 Å². The first-order chi connectivity index (χ1) is 6.27. The van der Waals surface area contributed by atoms with Gasteiger partial charge in [0.25, 0.3) is 0 Å². The van der Waals surface area contributed by atoms with Gasteiger partial charge in [-0.25, -0.2) is 0 Å². The molecule has 2 unspecified atom stereocenters. The molecule has 74 valence electrons. The predicted molar refractivity (Wildman–Crippen MR) is 49.4 cm³/mol. The molecule has 1 heterocycles. The normalized spacial score (nSPS) is 38.6. The van der Waals surface area contributed by atoms with Crippen molar-refractivity contribution in [2.24, 2.45) is 17.8 Å². The zero-order chi connectivity index (χ0) is 9.26. The van der Waals surface area contributed by atoms with Gasteiger partial charge in [0, 0.05) is 6.42 Å². The van der Waals surface area contributed by atoms with Crippen LogP contribution in [0.25, 0.3) is 0 Å². The maximum Gasteiger partial charge on any atom is 0.303 e. The topological polar surface area (TPSA) is 49.3 Å². The molecule has 0 radical (unpaired) electrons. The lowest BCUT2D eigenvalue weighted by atomic mass is 9.68. The number of hydrogen-bond donors (Lipinski definition) is 2. The number of piperidine rings is 1. The average molecular weight is 183 g/mol. The zero-order valence-electron chi connectivity index (χ0n) is 7.83. The fraction of sp³-hybridized carbons (Fsp3) is 0.900. The second-order valence-corrected chi connectivity index (χ2v) is 4.37. The monoisotopic (exact) mass is 183 g/mol. The third-order valence-electron chi connectivity index (χ3n) is 3.58. The van der Waals surface area contributed by atoms with Crippen molar-refractivity contribution >= 4 is 5.97 Å². The second-order valence-electron chi connectivity index (χ2n) is 4.37. The number of fused-ring (bicyclic) bond motifs is 2. The van der Waals surface area contributed by atoms with Crippen molar-refractivity contribution < 1.29 is 9.90 Å². The van der Waals surface area contributed by atoms with Gasteiger partial charge in [-0.3, -0.25) is 4.79 Å². The number of rotatable bonds is 2. The molecule has 0 spiro atoms. The highest BCUT2D eigenvalue weighted by atomic mass is 16.4. The molecule has 0 aromatic heterocycles. The minimum absolute atomic E-state index is 0.386. The Hall–Kier alpha value is -0.570. The minimum atomic E-state index is -0.621. The van der Waals surface area contributed by atoms with E-state index in [9.17, 15) is 4.79 Å². The van der Waals surface area contributed by atoms with Crippen molar-refractivity contribution in [2.75, 3.05) is 13.1 Å². The Labute approximate surface area is 78.5 Å². The van der Waals surface area contributed by atoms with E-state index in [1.165, 1.54) is 19.3 Å². The van der Waals surface area contributed by atoms with Crippen molar-refractivity contribution in [1.82, 2.24) is 5.32 Å². The highest BCUT2D eigenvalue weighted by molar-refractivity contribution is 5.67. The van der Waals surface area contributed by atoms with E-state index >= 15 is 0 Å². The standard InChI is InChI=1S/C10H17NO2/c12-10(13)4-9-7-2-1-3-8(9)6-11-5-7/h7-9,11H,1-6H2,(H,12,13). The molecule has 1 aliphatic heterocycles. The highest BCUT2D eigenvalue weighted by Gasteiger charge is 2.36. The number of aliphatic carboxylic acids is 1. The van der Waals surface area contributed by atoms with E-state index in [4.69, 9.17) is 5.11 Å². The molecule has 0 amide bonds. The molecule has 3 heteroatoms. The molecule has 0 aromatic rings. The van der Waals surface area contributed by atoms with Crippen LogP contribution in [0.4, 0.5) is 0 Å². The fourth-order valence-electron chi connectivity index (χ4n) is 2.95. The summed E-state index contributed by atoms with van der Waals surface area (Å²) in [7, 11) is 0. The molecule has 1 saturated heterocycles. The highest BCUT2D eigenvalue weighted by Crippen LogP contribution is 2.38. The van der Waals surface area contributed by atoms with Crippen molar-refractivity contribution in [3.05, 3.63) is 0 Å². The Balaban J connectivity index is 2.02. The molecule has 0 aromatic carbocycles. The number of nitrogens with one attached hydrogen (secondary N) is 1. The number of carboxylic acids is 1. The van der Waals surface area contributed by atoms with Gasteiger partial charge in [0.2, 0.25) is 0 Å². The van der Waals surface area contributed by atoms with Crippen LogP contribution in [0, 0.1) is 17.8 Å². The summed E-state index contributed by atoms with van der Waals surface area (Å²) in [6, 6.07) is 0. The summed E-state index contributed by atoms with van der Waals surface area (Å²) in [5, 5.41) is 12.2. The Morgan fingerprint density at radius 3 is 2.46 bits per heavy atom. The summed E-state index contributed by atoms with van der Waals surface area (Å²) in [4.78, 5) is 10.7. The molecule has 13 heavy (non-hydrogen) atoms. The van der Waals surface area contributed by atoms with Crippen molar-refractivity contribution in [3.63, 3.8) is 0 Å². The van der Waals surface area contributed by atoms with E-state index in [0.717, 1.165) is 13.1 Å². The maximum atomic E-state index is 10.7. The molecule has 2 bridgehead atoms. The second kappa shape index (κ2) is 3.66. The van der Waals surface area contributed by atoms with Crippen LogP contribution in [0.2, 0.25) is 0 Å². The van der Waals surface area contributed by atoms with Gasteiger partial charge < -0.3 is 10.4 Å². The van der Waals surface area contributed by atoms with E-state index < -0.39 is 5.97 Å². The van der Waals surface area contributed by atoms with Gasteiger partial charge in [-0.05, 0) is 43.7 Å². The first-order valence-corrected chi connectivity index (χ1v) is 5.20. The van der Waals surface area contributed by atoms with Crippen LogP contribution < -0.4 is 5.32 Å². The quantitative estimate of drug-likeness (QED) is 0.674. The summed E-state index contributed by atoms with van der Waals surface area (Å²) in [5.74, 6) is 1.09. The Kier molecular flexibility index (Phi) is 2.54. The van der Waals surface area contributed by atoms with Crippen LogP contribution in [0.1, 0.15) is 25.7 Å². The van der Waals surface area contributed by atoms with E-state index in [1.54, 1.807) is 0 Å². The van der Waals surface area contributed by atoms with Gasteiger partial charge in [-0.15, -0.1) is 0 Å². The third kappa shape index (κ3) is 1.85. The molecule has 2 N–H and O–H groups in total. The molecule has 1 saturated carbocycles. The molecule has 2 aliphatic rings. The molecule has 2 rings (SSSR count). The number of hydrogen-bond acceptors (Lipinski definition) is 2. The molecular weight excluding hydrogens is 166 g/mol. The van der Waals surface area contributed by atoms with Gasteiger partial charge in [-0.2, -0.15) is 0 Å². The lowest BCUT2D eigenvalue weighted by molar-refractivity contribution is -0.139. The van der Waals surface area contributed by atoms with E-state index in [2.05, 4.69) is 5.32 Å². The van der Waals surface area contributed by atoms with Crippen molar-refractivity contribution in [2.45, 2.75) is 25.7 Å². The summed E-state index contributed by atoms with van der Waals surface area (Å²) < 4.78 is 0. The third-order valence-corrected chi connectivity index (χ3v) is 3.58. The Morgan fingerprint density at radius 2 is 1.92 bits per heavy atom. The molecule has 1 aliphatic carbocycles. The van der Waals surface area contributed by atoms with Gasteiger partial charge in [-0.1, -0.05) is 6.42 Å². The van der Waals surface area contributed by atoms with Gasteiger partial charge >= 0.3 is 5.97 Å². The number of carboxylic acid groups (broad SMARTS) is 1. The smallest absolute Gasteiger partial charge is 0.303 e. The summed E-state index contributed by atoms with van der Waals surface area (Å²) in [6.45, 7) is 2.07. The summed E-state index contributed by atoms with van der Waals surface area (Å²) in [5.41, 5.74) is 0. The van der Waals surface area contributed by atoms with Crippen LogP contribution >= 0.6 is 0 Å². The minimum Gasteiger partial charge on any atom is -0.481 e. The molecule has 2 fully saturated rings. The lowest BCUT2D eigenvalue weighted by Crippen LogP contribution is -2.46. The van der Waals surface area contributed by atoms with Crippen LogP contribution in [-0.2, 0) is 4.79 Å². The number of carbonyl (C=O) groups is 1. The largest absolute Gasteiger partial charge is 0.481 e.